The number of rotatable bonds is 4. The van der Waals surface area contributed by atoms with Crippen molar-refractivity contribution in [3.63, 3.8) is 0 Å². The van der Waals surface area contributed by atoms with Gasteiger partial charge in [-0.05, 0) is 43.7 Å². The molecule has 4 nitrogen and oxygen atoms in total. The summed E-state index contributed by atoms with van der Waals surface area (Å²) in [5.74, 6) is -0.155. The first-order valence-corrected chi connectivity index (χ1v) is 8.49. The maximum Gasteiger partial charge on any atom is 0.241 e. The van der Waals surface area contributed by atoms with Crippen LogP contribution in [0, 0.1) is 17.6 Å². The van der Waals surface area contributed by atoms with Crippen LogP contribution in [-0.2, 0) is 0 Å². The number of hydrogen-bond donors (Lipinski definition) is 1. The molecule has 2 aromatic carbocycles. The van der Waals surface area contributed by atoms with Crippen LogP contribution in [0.5, 0.6) is 5.88 Å². The molecule has 0 amide bonds. The Labute approximate surface area is 144 Å². The predicted molar refractivity (Wildman–Crippen MR) is 92.1 cm³/mol. The second-order valence-electron chi connectivity index (χ2n) is 6.35. The highest BCUT2D eigenvalue weighted by molar-refractivity contribution is 5.86. The van der Waals surface area contributed by atoms with Crippen molar-refractivity contribution in [1.29, 1.82) is 0 Å². The van der Waals surface area contributed by atoms with Crippen molar-refractivity contribution in [2.75, 3.05) is 19.7 Å². The van der Waals surface area contributed by atoms with Crippen LogP contribution in [0.2, 0.25) is 0 Å². The Hall–Kier alpha value is -2.47. The van der Waals surface area contributed by atoms with Crippen molar-refractivity contribution in [2.45, 2.75) is 12.8 Å². The number of halogens is 2. The average Bonchev–Trinajstić information content (AvgIpc) is 3.02. The van der Waals surface area contributed by atoms with E-state index < -0.39 is 11.6 Å². The fraction of sp³-hybridized carbons (Fsp3) is 0.316. The van der Waals surface area contributed by atoms with Crippen LogP contribution in [0.25, 0.3) is 16.6 Å². The number of ether oxygens (including phenoxy) is 1. The summed E-state index contributed by atoms with van der Waals surface area (Å²) in [4.78, 5) is 0. The summed E-state index contributed by atoms with van der Waals surface area (Å²) in [7, 11) is 0. The van der Waals surface area contributed by atoms with Gasteiger partial charge in [-0.15, -0.1) is 5.10 Å². The Morgan fingerprint density at radius 3 is 2.92 bits per heavy atom. The number of fused-ring (bicyclic) bond motifs is 1. The molecule has 1 fully saturated rings. The van der Waals surface area contributed by atoms with Crippen molar-refractivity contribution in [3.8, 4) is 11.6 Å². The van der Waals surface area contributed by atoms with Gasteiger partial charge in [0.2, 0.25) is 5.88 Å². The number of nitrogens with one attached hydrogen (secondary N) is 1. The van der Waals surface area contributed by atoms with Crippen LogP contribution in [-0.4, -0.2) is 29.5 Å². The molecule has 130 valence electrons. The van der Waals surface area contributed by atoms with Gasteiger partial charge in [0, 0.05) is 18.5 Å². The molecule has 1 atom stereocenters. The molecule has 0 aliphatic carbocycles. The standard InChI is InChI=1S/C19H19F2N3O/c20-14-7-8-16(21)18(10-14)24-17-6-2-1-5-15(17)19(23-24)25-12-13-4-3-9-22-11-13/h1-2,5-8,10,13,22H,3-4,9,11-12H2. The van der Waals surface area contributed by atoms with E-state index in [-0.39, 0.29) is 5.69 Å². The van der Waals surface area contributed by atoms with E-state index in [1.165, 1.54) is 4.68 Å². The van der Waals surface area contributed by atoms with Crippen LogP contribution >= 0.6 is 0 Å². The zero-order valence-electron chi connectivity index (χ0n) is 13.7. The number of aromatic nitrogens is 2. The van der Waals surface area contributed by atoms with Crippen molar-refractivity contribution in [3.05, 3.63) is 54.1 Å². The third-order valence-electron chi connectivity index (χ3n) is 4.54. The van der Waals surface area contributed by atoms with Crippen LogP contribution in [0.3, 0.4) is 0 Å². The number of para-hydroxylation sites is 1. The average molecular weight is 343 g/mol. The quantitative estimate of drug-likeness (QED) is 0.785. The highest BCUT2D eigenvalue weighted by atomic mass is 19.1. The molecule has 0 spiro atoms. The molecule has 1 aromatic heterocycles. The number of nitrogens with zero attached hydrogens (tertiary/aromatic N) is 2. The molecule has 0 saturated carbocycles. The summed E-state index contributed by atoms with van der Waals surface area (Å²) >= 11 is 0. The zero-order chi connectivity index (χ0) is 17.2. The normalized spacial score (nSPS) is 17.8. The minimum Gasteiger partial charge on any atom is -0.476 e. The molecule has 1 unspecified atom stereocenters. The third kappa shape index (κ3) is 3.22. The van der Waals surface area contributed by atoms with E-state index in [9.17, 15) is 8.78 Å². The van der Waals surface area contributed by atoms with E-state index in [4.69, 9.17) is 4.74 Å². The molecule has 0 bridgehead atoms. The molecule has 25 heavy (non-hydrogen) atoms. The fourth-order valence-corrected chi connectivity index (χ4v) is 3.24. The smallest absolute Gasteiger partial charge is 0.241 e. The van der Waals surface area contributed by atoms with E-state index in [0.717, 1.165) is 49.5 Å². The van der Waals surface area contributed by atoms with Crippen molar-refractivity contribution in [2.24, 2.45) is 5.92 Å². The first-order chi connectivity index (χ1) is 12.2. The summed E-state index contributed by atoms with van der Waals surface area (Å²) in [6.07, 6.45) is 2.25. The topological polar surface area (TPSA) is 39.1 Å². The summed E-state index contributed by atoms with van der Waals surface area (Å²) in [6, 6.07) is 10.8. The molecule has 1 aliphatic heterocycles. The summed E-state index contributed by atoms with van der Waals surface area (Å²) < 4.78 is 35.1. The number of hydrogen-bond acceptors (Lipinski definition) is 3. The molecular formula is C19H19F2N3O. The Kier molecular flexibility index (Phi) is 4.36. The maximum atomic E-state index is 14.2. The predicted octanol–water partition coefficient (Wildman–Crippen LogP) is 3.68. The summed E-state index contributed by atoms with van der Waals surface area (Å²) in [5, 5.41) is 8.56. The molecule has 1 N–H and O–H groups in total. The molecular weight excluding hydrogens is 324 g/mol. The second-order valence-corrected chi connectivity index (χ2v) is 6.35. The molecule has 1 aliphatic rings. The molecule has 4 rings (SSSR count). The van der Waals surface area contributed by atoms with E-state index in [0.29, 0.717) is 23.9 Å². The zero-order valence-corrected chi connectivity index (χ0v) is 13.7. The molecule has 0 radical (unpaired) electrons. The number of benzene rings is 2. The largest absolute Gasteiger partial charge is 0.476 e. The second kappa shape index (κ2) is 6.80. The highest BCUT2D eigenvalue weighted by Crippen LogP contribution is 2.29. The summed E-state index contributed by atoms with van der Waals surface area (Å²) in [5.41, 5.74) is 0.758. The lowest BCUT2D eigenvalue weighted by atomic mass is 10.0. The fourth-order valence-electron chi connectivity index (χ4n) is 3.24. The van der Waals surface area contributed by atoms with Gasteiger partial charge in [0.15, 0.2) is 0 Å². The van der Waals surface area contributed by atoms with E-state index in [1.807, 2.05) is 24.3 Å². The molecule has 2 heterocycles. The lowest BCUT2D eigenvalue weighted by Gasteiger charge is -2.22. The van der Waals surface area contributed by atoms with Gasteiger partial charge >= 0.3 is 0 Å². The van der Waals surface area contributed by atoms with E-state index in [2.05, 4.69) is 10.4 Å². The minimum atomic E-state index is -0.530. The minimum absolute atomic E-state index is 0.0744. The third-order valence-corrected chi connectivity index (χ3v) is 4.54. The van der Waals surface area contributed by atoms with Crippen LogP contribution in [0.15, 0.2) is 42.5 Å². The van der Waals surface area contributed by atoms with Crippen molar-refractivity contribution < 1.29 is 13.5 Å². The van der Waals surface area contributed by atoms with Gasteiger partial charge in [-0.1, -0.05) is 12.1 Å². The van der Waals surface area contributed by atoms with Gasteiger partial charge in [0.05, 0.1) is 17.5 Å². The molecule has 3 aromatic rings. The monoisotopic (exact) mass is 343 g/mol. The number of piperidine rings is 1. The molecule has 6 heteroatoms. The first-order valence-electron chi connectivity index (χ1n) is 8.49. The SMILES string of the molecule is Fc1ccc(F)c(-n2nc(OCC3CCCNC3)c3ccccc32)c1. The Balaban J connectivity index is 1.70. The lowest BCUT2D eigenvalue weighted by Crippen LogP contribution is -2.33. The highest BCUT2D eigenvalue weighted by Gasteiger charge is 2.18. The molecule has 1 saturated heterocycles. The van der Waals surface area contributed by atoms with Crippen molar-refractivity contribution in [1.82, 2.24) is 15.1 Å². The van der Waals surface area contributed by atoms with Crippen LogP contribution in [0.1, 0.15) is 12.8 Å². The first kappa shape index (κ1) is 16.0. The van der Waals surface area contributed by atoms with Gasteiger partial charge in [-0.25, -0.2) is 13.5 Å². The van der Waals surface area contributed by atoms with Crippen molar-refractivity contribution >= 4 is 10.9 Å². The van der Waals surface area contributed by atoms with E-state index in [1.54, 1.807) is 0 Å². The van der Waals surface area contributed by atoms with E-state index >= 15 is 0 Å². The van der Waals surface area contributed by atoms with Gasteiger partial charge in [0.25, 0.3) is 0 Å². The van der Waals surface area contributed by atoms with Crippen LogP contribution in [0.4, 0.5) is 8.78 Å². The summed E-state index contributed by atoms with van der Waals surface area (Å²) in [6.45, 7) is 2.53. The Bertz CT molecular complexity index is 888. The Morgan fingerprint density at radius 1 is 1.20 bits per heavy atom. The van der Waals surface area contributed by atoms with Gasteiger partial charge in [-0.2, -0.15) is 0 Å². The Morgan fingerprint density at radius 2 is 2.08 bits per heavy atom. The van der Waals surface area contributed by atoms with Gasteiger partial charge in [0.1, 0.15) is 17.3 Å². The maximum absolute atomic E-state index is 14.2. The van der Waals surface area contributed by atoms with Crippen LogP contribution < -0.4 is 10.1 Å². The van der Waals surface area contributed by atoms with Gasteiger partial charge in [-0.3, -0.25) is 0 Å². The lowest BCUT2D eigenvalue weighted by molar-refractivity contribution is 0.213. The van der Waals surface area contributed by atoms with Gasteiger partial charge < -0.3 is 10.1 Å².